The van der Waals surface area contributed by atoms with Gasteiger partial charge in [0.05, 0.1) is 17.0 Å². The van der Waals surface area contributed by atoms with Gasteiger partial charge in [0.25, 0.3) is 5.91 Å². The molecule has 0 unspecified atom stereocenters. The van der Waals surface area contributed by atoms with Gasteiger partial charge in [-0.2, -0.15) is 4.31 Å². The van der Waals surface area contributed by atoms with Crippen molar-refractivity contribution in [3.05, 3.63) is 29.8 Å². The fourth-order valence-electron chi connectivity index (χ4n) is 3.13. The SMILES string of the molecule is C#CCNC(=O)COC(=O)c1ccc(S(=O)(=O)N2C[C@@H](C)C[C@H](C)C2)cc1. The summed E-state index contributed by atoms with van der Waals surface area (Å²) in [6.07, 6.45) is 6.02. The van der Waals surface area contributed by atoms with Gasteiger partial charge < -0.3 is 10.1 Å². The van der Waals surface area contributed by atoms with Crippen LogP contribution in [0, 0.1) is 24.2 Å². The van der Waals surface area contributed by atoms with Gasteiger partial charge >= 0.3 is 5.97 Å². The van der Waals surface area contributed by atoms with Gasteiger partial charge in [-0.1, -0.05) is 19.8 Å². The first-order valence-corrected chi connectivity index (χ1v) is 10.2. The first-order chi connectivity index (χ1) is 12.7. The Bertz CT molecular complexity index is 817. The molecule has 1 aromatic carbocycles. The van der Waals surface area contributed by atoms with Crippen molar-refractivity contribution in [1.82, 2.24) is 9.62 Å². The Kier molecular flexibility index (Phi) is 6.99. The molecule has 1 amide bonds. The molecule has 1 heterocycles. The lowest BCUT2D eigenvalue weighted by Crippen LogP contribution is -2.42. The molecule has 1 fully saturated rings. The van der Waals surface area contributed by atoms with Crippen molar-refractivity contribution in [3.63, 3.8) is 0 Å². The molecule has 7 nitrogen and oxygen atoms in total. The summed E-state index contributed by atoms with van der Waals surface area (Å²) >= 11 is 0. The Morgan fingerprint density at radius 3 is 2.37 bits per heavy atom. The lowest BCUT2D eigenvalue weighted by molar-refractivity contribution is -0.123. The Labute approximate surface area is 160 Å². The van der Waals surface area contributed by atoms with Gasteiger partial charge in [-0.25, -0.2) is 13.2 Å². The standard InChI is InChI=1S/C19H24N2O5S/c1-4-9-20-18(22)13-26-19(23)16-5-7-17(8-6-16)27(24,25)21-11-14(2)10-15(3)12-21/h1,5-8,14-15H,9-13H2,2-3H3,(H,20,22)/t14-,15-/m0/s1. The van der Waals surface area contributed by atoms with Crippen LogP contribution in [0.15, 0.2) is 29.2 Å². The molecule has 0 aliphatic carbocycles. The fourth-order valence-corrected chi connectivity index (χ4v) is 4.81. The highest BCUT2D eigenvalue weighted by atomic mass is 32.2. The van der Waals surface area contributed by atoms with Crippen LogP contribution >= 0.6 is 0 Å². The van der Waals surface area contributed by atoms with E-state index in [1.165, 1.54) is 28.6 Å². The fraction of sp³-hybridized carbons (Fsp3) is 0.474. The van der Waals surface area contributed by atoms with Gasteiger partial charge in [-0.15, -0.1) is 6.42 Å². The first kappa shape index (κ1) is 20.9. The third-order valence-corrected chi connectivity index (χ3v) is 6.13. The largest absolute Gasteiger partial charge is 0.452 e. The van der Waals surface area contributed by atoms with E-state index in [0.29, 0.717) is 24.9 Å². The van der Waals surface area contributed by atoms with Crippen molar-refractivity contribution >= 4 is 21.9 Å². The lowest BCUT2D eigenvalue weighted by atomic mass is 9.94. The highest BCUT2D eigenvalue weighted by molar-refractivity contribution is 7.89. The molecule has 0 bridgehead atoms. The number of ether oxygens (including phenoxy) is 1. The maximum Gasteiger partial charge on any atom is 0.338 e. The normalized spacial score (nSPS) is 20.5. The maximum atomic E-state index is 12.8. The predicted molar refractivity (Wildman–Crippen MR) is 100 cm³/mol. The van der Waals surface area contributed by atoms with Gasteiger partial charge in [0.15, 0.2) is 6.61 Å². The van der Waals surface area contributed by atoms with Crippen LogP contribution < -0.4 is 5.32 Å². The van der Waals surface area contributed by atoms with Crippen molar-refractivity contribution < 1.29 is 22.7 Å². The molecule has 1 aliphatic rings. The van der Waals surface area contributed by atoms with Crippen molar-refractivity contribution in [2.75, 3.05) is 26.2 Å². The second-order valence-electron chi connectivity index (χ2n) is 6.85. The average molecular weight is 392 g/mol. The Morgan fingerprint density at radius 1 is 1.22 bits per heavy atom. The zero-order valence-electron chi connectivity index (χ0n) is 15.5. The minimum absolute atomic E-state index is 0.0523. The summed E-state index contributed by atoms with van der Waals surface area (Å²) in [6.45, 7) is 4.65. The second-order valence-corrected chi connectivity index (χ2v) is 8.79. The highest BCUT2D eigenvalue weighted by Gasteiger charge is 2.31. The van der Waals surface area contributed by atoms with E-state index in [9.17, 15) is 18.0 Å². The zero-order valence-corrected chi connectivity index (χ0v) is 16.3. The molecule has 0 radical (unpaired) electrons. The first-order valence-electron chi connectivity index (χ1n) is 8.71. The minimum atomic E-state index is -3.61. The van der Waals surface area contributed by atoms with Gasteiger partial charge in [0, 0.05) is 13.1 Å². The molecule has 1 aromatic rings. The average Bonchev–Trinajstić information content (AvgIpc) is 2.63. The van der Waals surface area contributed by atoms with Crippen molar-refractivity contribution in [1.29, 1.82) is 0 Å². The Hall–Kier alpha value is -2.37. The quantitative estimate of drug-likeness (QED) is 0.581. The van der Waals surface area contributed by atoms with Gasteiger partial charge in [-0.3, -0.25) is 4.79 Å². The van der Waals surface area contributed by atoms with Crippen LogP contribution in [0.4, 0.5) is 0 Å². The number of rotatable bonds is 6. The number of piperidine rings is 1. The van der Waals surface area contributed by atoms with Crippen LogP contribution in [0.2, 0.25) is 0 Å². The van der Waals surface area contributed by atoms with Crippen LogP contribution in [0.1, 0.15) is 30.6 Å². The van der Waals surface area contributed by atoms with E-state index in [0.717, 1.165) is 6.42 Å². The molecular weight excluding hydrogens is 368 g/mol. The van der Waals surface area contributed by atoms with Crippen LogP contribution in [0.5, 0.6) is 0 Å². The Balaban J connectivity index is 2.02. The van der Waals surface area contributed by atoms with E-state index in [1.54, 1.807) is 0 Å². The number of terminal acetylenes is 1. The number of hydrogen-bond acceptors (Lipinski definition) is 5. The predicted octanol–water partition coefficient (Wildman–Crippen LogP) is 1.26. The van der Waals surface area contributed by atoms with Crippen LogP contribution in [-0.4, -0.2) is 50.8 Å². The lowest BCUT2D eigenvalue weighted by Gasteiger charge is -2.34. The molecule has 1 saturated heterocycles. The molecular formula is C19H24N2O5S. The van der Waals surface area contributed by atoms with Crippen LogP contribution in [0.25, 0.3) is 0 Å². The van der Waals surface area contributed by atoms with E-state index >= 15 is 0 Å². The van der Waals surface area contributed by atoms with Crippen LogP contribution in [-0.2, 0) is 19.6 Å². The number of sulfonamides is 1. The summed E-state index contributed by atoms with van der Waals surface area (Å²) in [6, 6.07) is 5.53. The molecule has 0 aromatic heterocycles. The summed E-state index contributed by atoms with van der Waals surface area (Å²) in [5.74, 6) is 1.63. The summed E-state index contributed by atoms with van der Waals surface area (Å²) in [4.78, 5) is 23.5. The summed E-state index contributed by atoms with van der Waals surface area (Å²) in [7, 11) is -3.61. The number of benzene rings is 1. The summed E-state index contributed by atoms with van der Waals surface area (Å²) < 4.78 is 32.0. The van der Waals surface area contributed by atoms with E-state index < -0.39 is 28.5 Å². The van der Waals surface area contributed by atoms with Crippen molar-refractivity contribution in [2.45, 2.75) is 25.2 Å². The molecule has 2 rings (SSSR count). The monoisotopic (exact) mass is 392 g/mol. The van der Waals surface area contributed by atoms with Crippen molar-refractivity contribution in [3.8, 4) is 12.3 Å². The number of esters is 1. The van der Waals surface area contributed by atoms with E-state index in [2.05, 4.69) is 11.2 Å². The second kappa shape index (κ2) is 9.02. The number of amides is 1. The van der Waals surface area contributed by atoms with E-state index in [-0.39, 0.29) is 17.0 Å². The topological polar surface area (TPSA) is 92.8 Å². The third-order valence-electron chi connectivity index (χ3n) is 4.29. The Morgan fingerprint density at radius 2 is 1.81 bits per heavy atom. The van der Waals surface area contributed by atoms with Gasteiger partial charge in [-0.05, 0) is 42.5 Å². The number of carbonyl (C=O) groups excluding carboxylic acids is 2. The molecule has 1 N–H and O–H groups in total. The van der Waals surface area contributed by atoms with Crippen molar-refractivity contribution in [2.24, 2.45) is 11.8 Å². The molecule has 27 heavy (non-hydrogen) atoms. The molecule has 1 aliphatic heterocycles. The number of hydrogen-bond donors (Lipinski definition) is 1. The third kappa shape index (κ3) is 5.55. The minimum Gasteiger partial charge on any atom is -0.452 e. The summed E-state index contributed by atoms with van der Waals surface area (Å²) in [5.41, 5.74) is 0.166. The molecule has 0 spiro atoms. The molecule has 146 valence electrons. The maximum absolute atomic E-state index is 12.8. The smallest absolute Gasteiger partial charge is 0.338 e. The zero-order chi connectivity index (χ0) is 20.0. The molecule has 8 heteroatoms. The number of nitrogens with zero attached hydrogens (tertiary/aromatic N) is 1. The van der Waals surface area contributed by atoms with Gasteiger partial charge in [0.1, 0.15) is 0 Å². The number of nitrogens with one attached hydrogen (secondary N) is 1. The molecule has 0 saturated carbocycles. The number of carbonyl (C=O) groups is 2. The molecule has 2 atom stereocenters. The summed E-state index contributed by atoms with van der Waals surface area (Å²) in [5, 5.41) is 2.37. The van der Waals surface area contributed by atoms with Crippen LogP contribution in [0.3, 0.4) is 0 Å². The highest BCUT2D eigenvalue weighted by Crippen LogP contribution is 2.26. The van der Waals surface area contributed by atoms with Gasteiger partial charge in [0.2, 0.25) is 10.0 Å². The van der Waals surface area contributed by atoms with E-state index in [1.807, 2.05) is 13.8 Å². The van der Waals surface area contributed by atoms with E-state index in [4.69, 9.17) is 11.2 Å².